The first-order valence-electron chi connectivity index (χ1n) is 6.30. The van der Waals surface area contributed by atoms with Crippen LogP contribution in [0.15, 0.2) is 28.7 Å². The second-order valence-corrected chi connectivity index (χ2v) is 5.49. The lowest BCUT2D eigenvalue weighted by Crippen LogP contribution is -2.44. The first-order valence-corrected chi connectivity index (χ1v) is 7.09. The Balaban J connectivity index is 2.12. The summed E-state index contributed by atoms with van der Waals surface area (Å²) in [6.07, 6.45) is 4.02. The van der Waals surface area contributed by atoms with Gasteiger partial charge in [-0.15, -0.1) is 0 Å². The molecule has 1 aromatic rings. The van der Waals surface area contributed by atoms with E-state index in [2.05, 4.69) is 57.1 Å². The van der Waals surface area contributed by atoms with E-state index in [0.717, 1.165) is 30.7 Å². The maximum atomic E-state index is 5.46. The molecular formula is C14H20BrN3. The van der Waals surface area contributed by atoms with Crippen molar-refractivity contribution in [2.45, 2.75) is 0 Å². The van der Waals surface area contributed by atoms with Gasteiger partial charge in [-0.2, -0.15) is 0 Å². The largest absolute Gasteiger partial charge is 0.368 e. The number of benzene rings is 1. The first kappa shape index (κ1) is 13.6. The first-order chi connectivity index (χ1) is 8.70. The number of nitrogens with two attached hydrogens (primary N) is 1. The number of rotatable bonds is 3. The van der Waals surface area contributed by atoms with E-state index in [1.54, 1.807) is 0 Å². The molecule has 4 heteroatoms. The van der Waals surface area contributed by atoms with Crippen LogP contribution in [0, 0.1) is 0 Å². The molecule has 1 aliphatic rings. The molecule has 0 amide bonds. The van der Waals surface area contributed by atoms with E-state index in [1.165, 1.54) is 11.3 Å². The molecule has 0 bridgehead atoms. The third-order valence-electron chi connectivity index (χ3n) is 3.26. The zero-order valence-electron chi connectivity index (χ0n) is 10.8. The van der Waals surface area contributed by atoms with Gasteiger partial charge in [0.2, 0.25) is 0 Å². The summed E-state index contributed by atoms with van der Waals surface area (Å²) >= 11 is 3.67. The predicted octanol–water partition coefficient (Wildman–Crippen LogP) is 2.17. The van der Waals surface area contributed by atoms with Crippen molar-refractivity contribution in [1.29, 1.82) is 0 Å². The van der Waals surface area contributed by atoms with Gasteiger partial charge in [-0.05, 0) is 40.7 Å². The summed E-state index contributed by atoms with van der Waals surface area (Å²) in [7, 11) is 2.17. The summed E-state index contributed by atoms with van der Waals surface area (Å²) in [6, 6.07) is 6.48. The van der Waals surface area contributed by atoms with Crippen molar-refractivity contribution in [3.8, 4) is 0 Å². The second-order valence-electron chi connectivity index (χ2n) is 4.64. The summed E-state index contributed by atoms with van der Waals surface area (Å²) < 4.78 is 1.16. The summed E-state index contributed by atoms with van der Waals surface area (Å²) in [6.45, 7) is 5.01. The molecule has 1 aromatic carbocycles. The number of hydrogen-bond donors (Lipinski definition) is 1. The molecule has 1 aliphatic heterocycles. The van der Waals surface area contributed by atoms with Crippen molar-refractivity contribution in [3.63, 3.8) is 0 Å². The van der Waals surface area contributed by atoms with Crippen molar-refractivity contribution in [2.24, 2.45) is 5.73 Å². The highest BCUT2D eigenvalue weighted by Crippen LogP contribution is 2.28. The van der Waals surface area contributed by atoms with Gasteiger partial charge in [-0.1, -0.05) is 18.2 Å². The number of anilines is 1. The standard InChI is InChI=1S/C14H20BrN3/c1-17-7-9-18(10-8-17)14-5-4-12(3-2-6-16)11-13(14)15/h2-5,11H,6-10,16H2,1H3/b3-2+. The summed E-state index contributed by atoms with van der Waals surface area (Å²) in [5, 5.41) is 0. The minimum Gasteiger partial charge on any atom is -0.368 e. The number of nitrogens with zero attached hydrogens (tertiary/aromatic N) is 2. The van der Waals surface area contributed by atoms with Gasteiger partial charge in [0.15, 0.2) is 0 Å². The highest BCUT2D eigenvalue weighted by Gasteiger charge is 2.16. The van der Waals surface area contributed by atoms with Crippen molar-refractivity contribution < 1.29 is 0 Å². The van der Waals surface area contributed by atoms with Gasteiger partial charge in [-0.25, -0.2) is 0 Å². The highest BCUT2D eigenvalue weighted by molar-refractivity contribution is 9.10. The Hall–Kier alpha value is -0.840. The maximum absolute atomic E-state index is 5.46. The molecule has 0 unspecified atom stereocenters. The molecule has 1 heterocycles. The second kappa shape index (κ2) is 6.36. The van der Waals surface area contributed by atoms with Crippen LogP contribution in [-0.2, 0) is 0 Å². The molecular weight excluding hydrogens is 290 g/mol. The number of hydrogen-bond acceptors (Lipinski definition) is 3. The average molecular weight is 310 g/mol. The topological polar surface area (TPSA) is 32.5 Å². The van der Waals surface area contributed by atoms with Crippen LogP contribution < -0.4 is 10.6 Å². The van der Waals surface area contributed by atoms with Crippen LogP contribution in [0.4, 0.5) is 5.69 Å². The smallest absolute Gasteiger partial charge is 0.0511 e. The summed E-state index contributed by atoms with van der Waals surface area (Å²) in [5.41, 5.74) is 7.93. The SMILES string of the molecule is CN1CCN(c2ccc(/C=C/CN)cc2Br)CC1. The molecule has 1 saturated heterocycles. The highest BCUT2D eigenvalue weighted by atomic mass is 79.9. The van der Waals surface area contributed by atoms with Crippen LogP contribution in [-0.4, -0.2) is 44.7 Å². The lowest BCUT2D eigenvalue weighted by Gasteiger charge is -2.34. The number of piperazine rings is 1. The molecule has 1 fully saturated rings. The Morgan fingerprint density at radius 3 is 2.61 bits per heavy atom. The van der Waals surface area contributed by atoms with Crippen molar-refractivity contribution in [3.05, 3.63) is 34.3 Å². The summed E-state index contributed by atoms with van der Waals surface area (Å²) in [5.74, 6) is 0. The lowest BCUT2D eigenvalue weighted by molar-refractivity contribution is 0.312. The van der Waals surface area contributed by atoms with Crippen LogP contribution >= 0.6 is 15.9 Å². The maximum Gasteiger partial charge on any atom is 0.0511 e. The quantitative estimate of drug-likeness (QED) is 0.929. The van der Waals surface area contributed by atoms with Gasteiger partial charge >= 0.3 is 0 Å². The van der Waals surface area contributed by atoms with E-state index in [0.29, 0.717) is 6.54 Å². The van der Waals surface area contributed by atoms with Crippen LogP contribution in [0.3, 0.4) is 0 Å². The van der Waals surface area contributed by atoms with Gasteiger partial charge < -0.3 is 15.5 Å². The van der Waals surface area contributed by atoms with E-state index in [1.807, 2.05) is 6.08 Å². The Bertz CT molecular complexity index is 423. The fourth-order valence-corrected chi connectivity index (χ4v) is 2.78. The zero-order valence-corrected chi connectivity index (χ0v) is 12.4. The normalized spacial score (nSPS) is 17.6. The van der Waals surface area contributed by atoms with Crippen molar-refractivity contribution in [2.75, 3.05) is 44.7 Å². The van der Waals surface area contributed by atoms with Crippen LogP contribution in [0.2, 0.25) is 0 Å². The molecule has 0 atom stereocenters. The molecule has 18 heavy (non-hydrogen) atoms. The molecule has 0 spiro atoms. The van der Waals surface area contributed by atoms with E-state index < -0.39 is 0 Å². The zero-order chi connectivity index (χ0) is 13.0. The Morgan fingerprint density at radius 1 is 1.28 bits per heavy atom. The molecule has 0 aromatic heterocycles. The van der Waals surface area contributed by atoms with E-state index >= 15 is 0 Å². The third-order valence-corrected chi connectivity index (χ3v) is 3.90. The molecule has 98 valence electrons. The third kappa shape index (κ3) is 3.34. The fraction of sp³-hybridized carbons (Fsp3) is 0.429. The predicted molar refractivity (Wildman–Crippen MR) is 81.9 cm³/mol. The molecule has 2 rings (SSSR count). The number of likely N-dealkylation sites (N-methyl/N-ethyl adjacent to an activating group) is 1. The lowest BCUT2D eigenvalue weighted by atomic mass is 10.1. The van der Waals surface area contributed by atoms with E-state index in [-0.39, 0.29) is 0 Å². The van der Waals surface area contributed by atoms with Gasteiger partial charge in [0, 0.05) is 37.2 Å². The van der Waals surface area contributed by atoms with Gasteiger partial charge in [-0.3, -0.25) is 0 Å². The van der Waals surface area contributed by atoms with Crippen LogP contribution in [0.25, 0.3) is 6.08 Å². The van der Waals surface area contributed by atoms with Gasteiger partial charge in [0.25, 0.3) is 0 Å². The molecule has 0 aliphatic carbocycles. The average Bonchev–Trinajstić information content (AvgIpc) is 2.38. The molecule has 3 nitrogen and oxygen atoms in total. The van der Waals surface area contributed by atoms with Crippen LogP contribution in [0.1, 0.15) is 5.56 Å². The van der Waals surface area contributed by atoms with Crippen molar-refractivity contribution in [1.82, 2.24) is 4.90 Å². The molecule has 0 saturated carbocycles. The monoisotopic (exact) mass is 309 g/mol. The van der Waals surface area contributed by atoms with E-state index in [4.69, 9.17) is 5.73 Å². The Labute approximate surface area is 117 Å². The minimum atomic E-state index is 0.581. The number of halogens is 1. The Morgan fingerprint density at radius 2 is 2.00 bits per heavy atom. The fourth-order valence-electron chi connectivity index (χ4n) is 2.13. The van der Waals surface area contributed by atoms with Gasteiger partial charge in [0.1, 0.15) is 0 Å². The summed E-state index contributed by atoms with van der Waals surface area (Å²) in [4.78, 5) is 4.79. The van der Waals surface area contributed by atoms with E-state index in [9.17, 15) is 0 Å². The molecule has 2 N–H and O–H groups in total. The van der Waals surface area contributed by atoms with Crippen molar-refractivity contribution >= 4 is 27.7 Å². The van der Waals surface area contributed by atoms with Gasteiger partial charge in [0.05, 0.1) is 5.69 Å². The molecule has 0 radical (unpaired) electrons. The Kier molecular flexibility index (Phi) is 4.80. The minimum absolute atomic E-state index is 0.581. The van der Waals surface area contributed by atoms with Crippen LogP contribution in [0.5, 0.6) is 0 Å².